The highest BCUT2D eigenvalue weighted by molar-refractivity contribution is 5.70. The highest BCUT2D eigenvalue weighted by Crippen LogP contribution is 2.39. The Morgan fingerprint density at radius 1 is 1.12 bits per heavy atom. The van der Waals surface area contributed by atoms with E-state index in [1.165, 1.54) is 12.1 Å². The van der Waals surface area contributed by atoms with Crippen LogP contribution in [-0.4, -0.2) is 19.0 Å². The molecule has 0 saturated carbocycles. The number of benzene rings is 1. The number of rotatable bonds is 5. The Morgan fingerprint density at radius 3 is 2.31 bits per heavy atom. The molecule has 1 aromatic carbocycles. The van der Waals surface area contributed by atoms with Crippen LogP contribution in [0.15, 0.2) is 34.7 Å². The van der Waals surface area contributed by atoms with Crippen LogP contribution in [0.5, 0.6) is 0 Å². The first-order chi connectivity index (χ1) is 12.0. The molecule has 10 heteroatoms. The predicted molar refractivity (Wildman–Crippen MR) is 78.9 cm³/mol. The van der Waals surface area contributed by atoms with Gasteiger partial charge in [-0.3, -0.25) is 4.79 Å². The van der Waals surface area contributed by atoms with Crippen molar-refractivity contribution in [3.63, 3.8) is 0 Å². The molecule has 0 saturated heterocycles. The van der Waals surface area contributed by atoms with Crippen LogP contribution >= 0.6 is 0 Å². The highest BCUT2D eigenvalue weighted by Gasteiger charge is 2.36. The molecular weight excluding hydrogens is 366 g/mol. The number of alkyl halides is 6. The number of hydrogen-bond acceptors (Lipinski definition) is 3. The van der Waals surface area contributed by atoms with Crippen LogP contribution in [-0.2, 0) is 12.7 Å². The Bertz CT molecular complexity index is 832. The van der Waals surface area contributed by atoms with Crippen molar-refractivity contribution < 1.29 is 35.6 Å². The molecule has 0 N–H and O–H groups in total. The predicted octanol–water partition coefficient (Wildman–Crippen LogP) is 5.23. The molecule has 0 radical (unpaired) electrons. The number of anilines is 1. The molecule has 0 unspecified atom stereocenters. The van der Waals surface area contributed by atoms with Gasteiger partial charge in [-0.15, -0.1) is 0 Å². The lowest BCUT2D eigenvalue weighted by Gasteiger charge is -2.26. The fourth-order valence-electron chi connectivity index (χ4n) is 2.23. The van der Waals surface area contributed by atoms with Gasteiger partial charge in [0.05, 0.1) is 18.7 Å². The van der Waals surface area contributed by atoms with Gasteiger partial charge in [0.25, 0.3) is 0 Å². The molecule has 0 fully saturated rings. The standard InChI is InChI=1S/C16H10F6N2O2/c1-23-14-5-2-10(6-13(14)16(20,21)22)24(9-15(17,18)19)7-11-3-4-12(8-25)26-11/h2-6,8H,7,9H2. The molecule has 26 heavy (non-hydrogen) atoms. The Morgan fingerprint density at radius 2 is 1.81 bits per heavy atom. The Labute approximate surface area is 143 Å². The molecule has 0 amide bonds. The molecule has 0 spiro atoms. The number of furan rings is 1. The molecule has 0 aliphatic carbocycles. The van der Waals surface area contributed by atoms with Crippen molar-refractivity contribution >= 4 is 17.7 Å². The van der Waals surface area contributed by atoms with Crippen molar-refractivity contribution in [2.45, 2.75) is 18.9 Å². The van der Waals surface area contributed by atoms with Gasteiger partial charge in [-0.1, -0.05) is 6.07 Å². The summed E-state index contributed by atoms with van der Waals surface area (Å²) in [5.74, 6) is -0.148. The average Bonchev–Trinajstić information content (AvgIpc) is 2.99. The topological polar surface area (TPSA) is 37.8 Å². The summed E-state index contributed by atoms with van der Waals surface area (Å²) in [4.78, 5) is 14.0. The SMILES string of the molecule is [C-]#[N+]c1ccc(N(Cc2ccc(C=O)o2)CC(F)(F)F)cc1C(F)(F)F. The van der Waals surface area contributed by atoms with Gasteiger partial charge in [0, 0.05) is 5.69 Å². The molecule has 0 bridgehead atoms. The molecule has 4 nitrogen and oxygen atoms in total. The summed E-state index contributed by atoms with van der Waals surface area (Å²) in [6.07, 6.45) is -9.24. The molecule has 2 rings (SSSR count). The minimum absolute atomic E-state index is 0.0286. The van der Waals surface area contributed by atoms with Crippen LogP contribution in [0.4, 0.5) is 37.7 Å². The van der Waals surface area contributed by atoms with Crippen molar-refractivity contribution in [1.29, 1.82) is 0 Å². The summed E-state index contributed by atoms with van der Waals surface area (Å²) in [7, 11) is 0. The molecule has 2 aromatic rings. The summed E-state index contributed by atoms with van der Waals surface area (Å²) < 4.78 is 82.7. The third-order valence-electron chi connectivity index (χ3n) is 3.29. The van der Waals surface area contributed by atoms with Gasteiger partial charge in [0.2, 0.25) is 0 Å². The quantitative estimate of drug-likeness (QED) is 0.407. The largest absolute Gasteiger partial charge is 0.456 e. The van der Waals surface area contributed by atoms with E-state index in [-0.39, 0.29) is 17.2 Å². The van der Waals surface area contributed by atoms with E-state index in [0.29, 0.717) is 17.3 Å². The third kappa shape index (κ3) is 4.78. The average molecular weight is 376 g/mol. The minimum atomic E-state index is -4.89. The first-order valence-corrected chi connectivity index (χ1v) is 6.98. The zero-order chi connectivity index (χ0) is 19.5. The maximum absolute atomic E-state index is 13.1. The normalized spacial score (nSPS) is 11.9. The first kappa shape index (κ1) is 19.4. The summed E-state index contributed by atoms with van der Waals surface area (Å²) in [5, 5.41) is 0. The van der Waals surface area contributed by atoms with Crippen LogP contribution in [0.25, 0.3) is 4.85 Å². The van der Waals surface area contributed by atoms with Crippen molar-refractivity contribution in [1.82, 2.24) is 0 Å². The summed E-state index contributed by atoms with van der Waals surface area (Å²) in [6, 6.07) is 4.79. The second-order valence-electron chi connectivity index (χ2n) is 5.20. The van der Waals surface area contributed by atoms with E-state index in [0.717, 1.165) is 12.1 Å². The van der Waals surface area contributed by atoms with E-state index >= 15 is 0 Å². The summed E-state index contributed by atoms with van der Waals surface area (Å²) >= 11 is 0. The van der Waals surface area contributed by atoms with Gasteiger partial charge in [-0.25, -0.2) is 4.85 Å². The van der Waals surface area contributed by atoms with Crippen molar-refractivity contribution in [2.75, 3.05) is 11.4 Å². The van der Waals surface area contributed by atoms with Crippen LogP contribution in [0.1, 0.15) is 21.9 Å². The maximum Gasteiger partial charge on any atom is 0.407 e. The van der Waals surface area contributed by atoms with Gasteiger partial charge in [0.1, 0.15) is 12.3 Å². The second kappa shape index (κ2) is 7.11. The van der Waals surface area contributed by atoms with Gasteiger partial charge >= 0.3 is 12.4 Å². The van der Waals surface area contributed by atoms with E-state index in [4.69, 9.17) is 11.0 Å². The van der Waals surface area contributed by atoms with Gasteiger partial charge in [-0.05, 0) is 24.3 Å². The van der Waals surface area contributed by atoms with E-state index in [2.05, 4.69) is 4.85 Å². The molecule has 1 heterocycles. The fourth-order valence-corrected chi connectivity index (χ4v) is 2.23. The summed E-state index contributed by atoms with van der Waals surface area (Å²) in [5.41, 5.74) is -2.43. The number of hydrogen-bond donors (Lipinski definition) is 0. The lowest BCUT2D eigenvalue weighted by atomic mass is 10.1. The highest BCUT2D eigenvalue weighted by atomic mass is 19.4. The number of nitrogens with zero attached hydrogens (tertiary/aromatic N) is 2. The zero-order valence-corrected chi connectivity index (χ0v) is 12.9. The lowest BCUT2D eigenvalue weighted by Crippen LogP contribution is -2.33. The fraction of sp³-hybridized carbons (Fsp3) is 0.250. The first-order valence-electron chi connectivity index (χ1n) is 6.98. The van der Waals surface area contributed by atoms with Crippen LogP contribution in [0.3, 0.4) is 0 Å². The lowest BCUT2D eigenvalue weighted by molar-refractivity contribution is -0.136. The van der Waals surface area contributed by atoms with Gasteiger partial charge in [-0.2, -0.15) is 26.3 Å². The molecule has 138 valence electrons. The number of aldehydes is 1. The number of carbonyl (C=O) groups excluding carboxylic acids is 1. The Hall–Kier alpha value is -2.96. The van der Waals surface area contributed by atoms with Crippen molar-refractivity contribution in [2.24, 2.45) is 0 Å². The van der Waals surface area contributed by atoms with Crippen LogP contribution in [0, 0.1) is 6.57 Å². The third-order valence-corrected chi connectivity index (χ3v) is 3.29. The molecule has 0 aliphatic heterocycles. The van der Waals surface area contributed by atoms with E-state index in [9.17, 15) is 31.1 Å². The summed E-state index contributed by atoms with van der Waals surface area (Å²) in [6.45, 7) is 4.72. The van der Waals surface area contributed by atoms with E-state index in [1.54, 1.807) is 0 Å². The Kier molecular flexibility index (Phi) is 5.30. The maximum atomic E-state index is 13.1. The van der Waals surface area contributed by atoms with Crippen LogP contribution < -0.4 is 4.90 Å². The molecule has 0 atom stereocenters. The second-order valence-corrected chi connectivity index (χ2v) is 5.20. The van der Waals surface area contributed by atoms with E-state index < -0.39 is 36.7 Å². The zero-order valence-electron chi connectivity index (χ0n) is 12.9. The smallest absolute Gasteiger partial charge is 0.407 e. The minimum Gasteiger partial charge on any atom is -0.456 e. The van der Waals surface area contributed by atoms with E-state index in [1.807, 2.05) is 0 Å². The van der Waals surface area contributed by atoms with Crippen LogP contribution in [0.2, 0.25) is 0 Å². The van der Waals surface area contributed by atoms with Crippen molar-refractivity contribution in [3.05, 3.63) is 58.8 Å². The van der Waals surface area contributed by atoms with Crippen molar-refractivity contribution in [3.8, 4) is 0 Å². The number of carbonyl (C=O) groups is 1. The Balaban J connectivity index is 2.44. The molecule has 1 aromatic heterocycles. The molecular formula is C16H10F6N2O2. The monoisotopic (exact) mass is 376 g/mol. The van der Waals surface area contributed by atoms with Gasteiger partial charge in [0.15, 0.2) is 17.7 Å². The van der Waals surface area contributed by atoms with Gasteiger partial charge < -0.3 is 9.32 Å². The molecule has 0 aliphatic rings. The number of halogens is 6.